The van der Waals surface area contributed by atoms with Crippen LogP contribution in [0.3, 0.4) is 0 Å². The van der Waals surface area contributed by atoms with Crippen LogP contribution in [-0.2, 0) is 4.43 Å². The number of hydrogen-bond donors (Lipinski definition) is 0. The van der Waals surface area contributed by atoms with E-state index in [0.29, 0.717) is 5.76 Å². The molecule has 0 aliphatic heterocycles. The van der Waals surface area contributed by atoms with Crippen LogP contribution in [-0.4, -0.2) is 8.32 Å². The molecule has 0 radical (unpaired) electrons. The topological polar surface area (TPSA) is 46.2 Å². The Morgan fingerprint density at radius 1 is 1.57 bits per heavy atom. The molecular weight excluding hydrogens is 262 g/mol. The molecule has 0 aliphatic rings. The van der Waals surface area contributed by atoms with E-state index >= 15 is 0 Å². The molecule has 0 bridgehead atoms. The molecule has 0 saturated carbocycles. The summed E-state index contributed by atoms with van der Waals surface area (Å²) in [4.78, 5) is 0. The van der Waals surface area contributed by atoms with Gasteiger partial charge >= 0.3 is 0 Å². The van der Waals surface area contributed by atoms with Crippen molar-refractivity contribution in [3.05, 3.63) is 22.6 Å². The molecule has 1 rings (SSSR count). The van der Waals surface area contributed by atoms with Crippen LogP contribution in [0.25, 0.3) is 0 Å². The van der Waals surface area contributed by atoms with E-state index in [2.05, 4.69) is 22.0 Å². The van der Waals surface area contributed by atoms with Gasteiger partial charge in [0, 0.05) is 0 Å². The SMILES string of the molecule is C[Si](C)(C)OC(C#N)c1occc1Br. The fourth-order valence-electron chi connectivity index (χ4n) is 0.985. The van der Waals surface area contributed by atoms with Crippen molar-refractivity contribution in [2.75, 3.05) is 0 Å². The van der Waals surface area contributed by atoms with E-state index in [9.17, 15) is 0 Å². The summed E-state index contributed by atoms with van der Waals surface area (Å²) in [6.45, 7) is 6.11. The number of rotatable bonds is 3. The van der Waals surface area contributed by atoms with Gasteiger partial charge in [-0.1, -0.05) is 0 Å². The monoisotopic (exact) mass is 273 g/mol. The first kappa shape index (κ1) is 11.5. The first-order valence-corrected chi connectivity index (χ1v) is 8.44. The Morgan fingerprint density at radius 3 is 2.57 bits per heavy atom. The van der Waals surface area contributed by atoms with Gasteiger partial charge in [-0.3, -0.25) is 0 Å². The van der Waals surface area contributed by atoms with Crippen molar-refractivity contribution in [3.63, 3.8) is 0 Å². The largest absolute Gasteiger partial charge is 0.464 e. The number of nitriles is 1. The van der Waals surface area contributed by atoms with Gasteiger partial charge < -0.3 is 8.84 Å². The summed E-state index contributed by atoms with van der Waals surface area (Å²) in [7, 11) is -1.72. The van der Waals surface area contributed by atoms with Crippen molar-refractivity contribution < 1.29 is 8.84 Å². The van der Waals surface area contributed by atoms with E-state index < -0.39 is 14.4 Å². The summed E-state index contributed by atoms with van der Waals surface area (Å²) in [6, 6.07) is 3.85. The second kappa shape index (κ2) is 4.30. The predicted molar refractivity (Wildman–Crippen MR) is 59.2 cm³/mol. The van der Waals surface area contributed by atoms with Crippen LogP contribution in [0.1, 0.15) is 11.9 Å². The molecule has 1 heterocycles. The third-order valence-electron chi connectivity index (χ3n) is 1.47. The maximum absolute atomic E-state index is 8.95. The Bertz CT molecular complexity index is 350. The molecule has 76 valence electrons. The number of furan rings is 1. The van der Waals surface area contributed by atoms with E-state index in [-0.39, 0.29) is 0 Å². The van der Waals surface area contributed by atoms with Crippen molar-refractivity contribution in [1.29, 1.82) is 5.26 Å². The molecule has 0 aliphatic carbocycles. The zero-order chi connectivity index (χ0) is 10.8. The van der Waals surface area contributed by atoms with Gasteiger partial charge in [0.05, 0.1) is 10.7 Å². The molecule has 0 fully saturated rings. The van der Waals surface area contributed by atoms with Crippen LogP contribution in [0.5, 0.6) is 0 Å². The van der Waals surface area contributed by atoms with E-state index in [0.717, 1.165) is 4.47 Å². The fourth-order valence-corrected chi connectivity index (χ4v) is 2.26. The quantitative estimate of drug-likeness (QED) is 0.793. The highest BCUT2D eigenvalue weighted by molar-refractivity contribution is 9.10. The van der Waals surface area contributed by atoms with Crippen molar-refractivity contribution >= 4 is 24.2 Å². The van der Waals surface area contributed by atoms with Crippen LogP contribution in [0.2, 0.25) is 19.6 Å². The van der Waals surface area contributed by atoms with Gasteiger partial charge in [-0.2, -0.15) is 5.26 Å². The number of halogens is 1. The van der Waals surface area contributed by atoms with E-state index in [4.69, 9.17) is 14.1 Å². The zero-order valence-corrected chi connectivity index (χ0v) is 11.0. The molecule has 1 aromatic heterocycles. The van der Waals surface area contributed by atoms with E-state index in [1.165, 1.54) is 6.26 Å². The smallest absolute Gasteiger partial charge is 0.193 e. The van der Waals surface area contributed by atoms with Crippen LogP contribution in [0, 0.1) is 11.3 Å². The molecule has 0 amide bonds. The van der Waals surface area contributed by atoms with Gasteiger partial charge in [0.25, 0.3) is 0 Å². The molecule has 0 N–H and O–H groups in total. The highest BCUT2D eigenvalue weighted by Gasteiger charge is 2.25. The van der Waals surface area contributed by atoms with Gasteiger partial charge in [0.15, 0.2) is 20.2 Å². The Morgan fingerprint density at radius 2 is 2.21 bits per heavy atom. The second-order valence-corrected chi connectivity index (χ2v) is 9.19. The van der Waals surface area contributed by atoms with Gasteiger partial charge in [-0.25, -0.2) is 0 Å². The molecular formula is C9H12BrNO2Si. The van der Waals surface area contributed by atoms with Gasteiger partial charge in [0.2, 0.25) is 0 Å². The molecule has 1 aromatic rings. The lowest BCUT2D eigenvalue weighted by atomic mass is 10.3. The van der Waals surface area contributed by atoms with E-state index in [1.807, 2.05) is 19.6 Å². The van der Waals surface area contributed by atoms with E-state index in [1.54, 1.807) is 6.07 Å². The number of hydrogen-bond acceptors (Lipinski definition) is 3. The summed E-state index contributed by atoms with van der Waals surface area (Å²) in [6.07, 6.45) is 0.934. The Hall–Kier alpha value is -0.573. The summed E-state index contributed by atoms with van der Waals surface area (Å²) < 4.78 is 11.6. The van der Waals surface area contributed by atoms with Crippen LogP contribution >= 0.6 is 15.9 Å². The first-order chi connectivity index (χ1) is 6.44. The standard InChI is InChI=1S/C9H12BrNO2Si/c1-14(2,3)13-8(6-11)9-7(10)4-5-12-9/h4-5,8H,1-3H3. The third-order valence-corrected chi connectivity index (χ3v) is 3.07. The van der Waals surface area contributed by atoms with Crippen LogP contribution in [0.15, 0.2) is 21.2 Å². The molecule has 1 atom stereocenters. The summed E-state index contributed by atoms with van der Waals surface area (Å²) in [5.74, 6) is 0.551. The summed E-state index contributed by atoms with van der Waals surface area (Å²) in [5.41, 5.74) is 0. The minimum Gasteiger partial charge on any atom is -0.464 e. The average Bonchev–Trinajstić information content (AvgIpc) is 2.45. The highest BCUT2D eigenvalue weighted by Crippen LogP contribution is 2.28. The lowest BCUT2D eigenvalue weighted by Crippen LogP contribution is -2.27. The molecule has 0 spiro atoms. The van der Waals surface area contributed by atoms with Crippen LogP contribution in [0.4, 0.5) is 0 Å². The minimum absolute atomic E-state index is 0.551. The van der Waals surface area contributed by atoms with Crippen LogP contribution < -0.4 is 0 Å². The fraction of sp³-hybridized carbons (Fsp3) is 0.444. The Balaban J connectivity index is 2.85. The Kier molecular flexibility index (Phi) is 3.53. The predicted octanol–water partition coefficient (Wildman–Crippen LogP) is 3.46. The van der Waals surface area contributed by atoms with Crippen molar-refractivity contribution in [3.8, 4) is 6.07 Å². The van der Waals surface area contributed by atoms with Crippen molar-refractivity contribution in [1.82, 2.24) is 0 Å². The lowest BCUT2D eigenvalue weighted by molar-refractivity contribution is 0.221. The summed E-state index contributed by atoms with van der Waals surface area (Å²) >= 11 is 3.31. The highest BCUT2D eigenvalue weighted by atomic mass is 79.9. The molecule has 14 heavy (non-hydrogen) atoms. The number of nitrogens with zero attached hydrogens (tertiary/aromatic N) is 1. The Labute approximate surface area is 92.9 Å². The minimum atomic E-state index is -1.72. The summed E-state index contributed by atoms with van der Waals surface area (Å²) in [5, 5.41) is 8.95. The molecule has 0 saturated heterocycles. The first-order valence-electron chi connectivity index (χ1n) is 4.24. The molecule has 5 heteroatoms. The zero-order valence-electron chi connectivity index (χ0n) is 8.37. The van der Waals surface area contributed by atoms with Gasteiger partial charge in [-0.05, 0) is 41.6 Å². The average molecular weight is 274 g/mol. The lowest BCUT2D eigenvalue weighted by Gasteiger charge is -2.20. The maximum atomic E-state index is 8.95. The van der Waals surface area contributed by atoms with Crippen molar-refractivity contribution in [2.45, 2.75) is 25.7 Å². The maximum Gasteiger partial charge on any atom is 0.193 e. The van der Waals surface area contributed by atoms with Gasteiger partial charge in [-0.15, -0.1) is 0 Å². The molecule has 3 nitrogen and oxygen atoms in total. The normalized spacial score (nSPS) is 13.6. The third kappa shape index (κ3) is 2.98. The second-order valence-electron chi connectivity index (χ2n) is 3.87. The molecule has 1 unspecified atom stereocenters. The van der Waals surface area contributed by atoms with Gasteiger partial charge in [0.1, 0.15) is 6.07 Å². The van der Waals surface area contributed by atoms with Crippen molar-refractivity contribution in [2.24, 2.45) is 0 Å². The molecule has 0 aromatic carbocycles.